The van der Waals surface area contributed by atoms with Crippen LogP contribution >= 0.6 is 0 Å². The quantitative estimate of drug-likeness (QED) is 0.232. The van der Waals surface area contributed by atoms with E-state index in [1.807, 2.05) is 0 Å². The van der Waals surface area contributed by atoms with E-state index in [4.69, 9.17) is 10.9 Å². The van der Waals surface area contributed by atoms with Gasteiger partial charge in [0.25, 0.3) is 5.91 Å². The molecule has 0 radical (unpaired) electrons. The Kier molecular flexibility index (Phi) is 6.68. The second kappa shape index (κ2) is 8.26. The van der Waals surface area contributed by atoms with E-state index in [2.05, 4.69) is 36.3 Å². The van der Waals surface area contributed by atoms with E-state index in [0.717, 1.165) is 13.0 Å². The topological polar surface area (TPSA) is 91.0 Å². The van der Waals surface area contributed by atoms with Crippen LogP contribution in [0.1, 0.15) is 36.2 Å². The largest absolute Gasteiger partial charge is 0.409 e. The Hall–Kier alpha value is -2.08. The first-order valence-electron chi connectivity index (χ1n) is 7.02. The maximum absolute atomic E-state index is 11.9. The molecule has 0 aliphatic carbocycles. The van der Waals surface area contributed by atoms with Gasteiger partial charge in [-0.05, 0) is 46.0 Å². The van der Waals surface area contributed by atoms with Crippen LogP contribution in [0.2, 0.25) is 0 Å². The van der Waals surface area contributed by atoms with Crippen LogP contribution < -0.4 is 11.1 Å². The standard InChI is InChI=1S/C15H24N4O2/c1-11(2)19(3)10-4-9-17-15(20)13-7-5-12(6-8-13)14(16)18-21/h5-8,11,21H,4,9-10H2,1-3H3,(H2,16,18)(H,17,20). The molecule has 0 saturated heterocycles. The summed E-state index contributed by atoms with van der Waals surface area (Å²) in [7, 11) is 2.07. The molecule has 0 fully saturated rings. The minimum Gasteiger partial charge on any atom is -0.409 e. The van der Waals surface area contributed by atoms with Crippen LogP contribution in [0.3, 0.4) is 0 Å². The highest BCUT2D eigenvalue weighted by Crippen LogP contribution is 2.04. The predicted octanol–water partition coefficient (Wildman–Crippen LogP) is 1.24. The fraction of sp³-hybridized carbons (Fsp3) is 0.467. The highest BCUT2D eigenvalue weighted by Gasteiger charge is 2.07. The first kappa shape index (κ1) is 17.0. The second-order valence-electron chi connectivity index (χ2n) is 5.25. The van der Waals surface area contributed by atoms with E-state index in [-0.39, 0.29) is 11.7 Å². The number of benzene rings is 1. The lowest BCUT2D eigenvalue weighted by molar-refractivity contribution is 0.0951. The maximum atomic E-state index is 11.9. The molecule has 0 atom stereocenters. The number of nitrogens with one attached hydrogen (secondary N) is 1. The summed E-state index contributed by atoms with van der Waals surface area (Å²) in [5.74, 6) is -0.0908. The molecule has 21 heavy (non-hydrogen) atoms. The van der Waals surface area contributed by atoms with Gasteiger partial charge < -0.3 is 21.2 Å². The molecular formula is C15H24N4O2. The van der Waals surface area contributed by atoms with Crippen molar-refractivity contribution in [2.45, 2.75) is 26.3 Å². The summed E-state index contributed by atoms with van der Waals surface area (Å²) in [6.45, 7) is 5.86. The van der Waals surface area contributed by atoms with Crippen LogP contribution in [-0.4, -0.2) is 48.0 Å². The molecule has 116 valence electrons. The van der Waals surface area contributed by atoms with E-state index in [1.165, 1.54) is 0 Å². The average molecular weight is 292 g/mol. The number of carbonyl (C=O) groups is 1. The van der Waals surface area contributed by atoms with Gasteiger partial charge in [-0.3, -0.25) is 4.79 Å². The van der Waals surface area contributed by atoms with Gasteiger partial charge in [-0.2, -0.15) is 0 Å². The van der Waals surface area contributed by atoms with Crippen LogP contribution in [0.4, 0.5) is 0 Å². The van der Waals surface area contributed by atoms with Crippen molar-refractivity contribution in [2.75, 3.05) is 20.1 Å². The molecule has 0 aliphatic heterocycles. The van der Waals surface area contributed by atoms with Gasteiger partial charge in [-0.1, -0.05) is 17.3 Å². The van der Waals surface area contributed by atoms with Crippen LogP contribution in [-0.2, 0) is 0 Å². The number of nitrogens with two attached hydrogens (primary N) is 1. The Bertz CT molecular complexity index is 483. The van der Waals surface area contributed by atoms with Gasteiger partial charge in [0.2, 0.25) is 0 Å². The van der Waals surface area contributed by atoms with Crippen LogP contribution in [0.5, 0.6) is 0 Å². The number of hydrogen-bond donors (Lipinski definition) is 3. The minimum absolute atomic E-state index is 0.0266. The maximum Gasteiger partial charge on any atom is 0.251 e. The lowest BCUT2D eigenvalue weighted by atomic mass is 10.1. The highest BCUT2D eigenvalue weighted by molar-refractivity contribution is 5.99. The van der Waals surface area contributed by atoms with Crippen molar-refractivity contribution >= 4 is 11.7 Å². The molecule has 0 unspecified atom stereocenters. The number of oxime groups is 1. The molecule has 0 heterocycles. The molecular weight excluding hydrogens is 268 g/mol. The molecule has 0 aliphatic rings. The highest BCUT2D eigenvalue weighted by atomic mass is 16.4. The lowest BCUT2D eigenvalue weighted by Crippen LogP contribution is -2.31. The molecule has 4 N–H and O–H groups in total. The first-order chi connectivity index (χ1) is 9.95. The molecule has 1 aromatic rings. The van der Waals surface area contributed by atoms with Crippen LogP contribution in [0, 0.1) is 0 Å². The van der Waals surface area contributed by atoms with Gasteiger partial charge in [0.1, 0.15) is 0 Å². The predicted molar refractivity (Wildman–Crippen MR) is 83.7 cm³/mol. The Morgan fingerprint density at radius 3 is 2.43 bits per heavy atom. The molecule has 0 saturated carbocycles. The van der Waals surface area contributed by atoms with E-state index < -0.39 is 0 Å². The third-order valence-corrected chi connectivity index (χ3v) is 3.41. The van der Waals surface area contributed by atoms with Crippen molar-refractivity contribution in [3.8, 4) is 0 Å². The third kappa shape index (κ3) is 5.43. The normalized spacial score (nSPS) is 12.0. The van der Waals surface area contributed by atoms with Gasteiger partial charge >= 0.3 is 0 Å². The van der Waals surface area contributed by atoms with Crippen molar-refractivity contribution in [1.82, 2.24) is 10.2 Å². The zero-order valence-electron chi connectivity index (χ0n) is 12.8. The fourth-order valence-corrected chi connectivity index (χ4v) is 1.74. The summed E-state index contributed by atoms with van der Waals surface area (Å²) in [5, 5.41) is 14.4. The molecule has 6 heteroatoms. The lowest BCUT2D eigenvalue weighted by Gasteiger charge is -2.20. The molecule has 0 bridgehead atoms. The molecule has 0 aromatic heterocycles. The number of carbonyl (C=O) groups excluding carboxylic acids is 1. The summed E-state index contributed by atoms with van der Waals surface area (Å²) in [6, 6.07) is 7.12. The smallest absolute Gasteiger partial charge is 0.251 e. The van der Waals surface area contributed by atoms with E-state index >= 15 is 0 Å². The van der Waals surface area contributed by atoms with Crippen LogP contribution in [0.25, 0.3) is 0 Å². The van der Waals surface area contributed by atoms with Crippen molar-refractivity contribution in [1.29, 1.82) is 0 Å². The minimum atomic E-state index is -0.117. The summed E-state index contributed by atoms with van der Waals surface area (Å²) in [4.78, 5) is 14.2. The number of rotatable bonds is 7. The molecule has 6 nitrogen and oxygen atoms in total. The number of nitrogens with zero attached hydrogens (tertiary/aromatic N) is 2. The molecule has 0 spiro atoms. The molecule has 1 amide bonds. The monoisotopic (exact) mass is 292 g/mol. The SMILES string of the molecule is CC(C)N(C)CCCNC(=O)c1ccc(/C(N)=N/O)cc1. The number of amidine groups is 1. The fourth-order valence-electron chi connectivity index (χ4n) is 1.74. The summed E-state index contributed by atoms with van der Waals surface area (Å²) >= 11 is 0. The first-order valence-corrected chi connectivity index (χ1v) is 7.02. The van der Waals surface area contributed by atoms with Crippen molar-refractivity contribution in [3.63, 3.8) is 0 Å². The average Bonchev–Trinajstić information content (AvgIpc) is 2.50. The summed E-state index contributed by atoms with van der Waals surface area (Å²) in [6.07, 6.45) is 0.905. The summed E-state index contributed by atoms with van der Waals surface area (Å²) in [5.41, 5.74) is 6.60. The third-order valence-electron chi connectivity index (χ3n) is 3.41. The van der Waals surface area contributed by atoms with Gasteiger partial charge in [0.15, 0.2) is 5.84 Å². The van der Waals surface area contributed by atoms with Crippen molar-refractivity contribution < 1.29 is 10.0 Å². The van der Waals surface area contributed by atoms with E-state index in [9.17, 15) is 4.79 Å². The van der Waals surface area contributed by atoms with E-state index in [0.29, 0.717) is 23.7 Å². The van der Waals surface area contributed by atoms with Gasteiger partial charge in [-0.25, -0.2) is 0 Å². The summed E-state index contributed by atoms with van der Waals surface area (Å²) < 4.78 is 0. The van der Waals surface area contributed by atoms with Gasteiger partial charge in [-0.15, -0.1) is 0 Å². The Morgan fingerprint density at radius 2 is 1.90 bits per heavy atom. The number of hydrogen-bond acceptors (Lipinski definition) is 4. The Morgan fingerprint density at radius 1 is 1.33 bits per heavy atom. The van der Waals surface area contributed by atoms with Gasteiger partial charge in [0.05, 0.1) is 0 Å². The van der Waals surface area contributed by atoms with Crippen LogP contribution in [0.15, 0.2) is 29.4 Å². The van der Waals surface area contributed by atoms with E-state index in [1.54, 1.807) is 24.3 Å². The van der Waals surface area contributed by atoms with Crippen molar-refractivity contribution in [3.05, 3.63) is 35.4 Å². The zero-order chi connectivity index (χ0) is 15.8. The van der Waals surface area contributed by atoms with Gasteiger partial charge in [0, 0.05) is 23.7 Å². The molecule has 1 aromatic carbocycles. The zero-order valence-corrected chi connectivity index (χ0v) is 12.8. The number of amides is 1. The Balaban J connectivity index is 2.42. The molecule has 1 rings (SSSR count). The second-order valence-corrected chi connectivity index (χ2v) is 5.25. The Labute approximate surface area is 125 Å². The van der Waals surface area contributed by atoms with Crippen molar-refractivity contribution in [2.24, 2.45) is 10.9 Å².